The van der Waals surface area contributed by atoms with Crippen molar-refractivity contribution in [1.29, 1.82) is 0 Å². The van der Waals surface area contributed by atoms with Gasteiger partial charge in [0, 0.05) is 16.1 Å². The molecule has 1 amide bonds. The fourth-order valence-corrected chi connectivity index (χ4v) is 3.94. The SMILES string of the molecule is COc1ccc(C(=O)C[C@]2(O)C(=O)N(Cc3ccccc3Cl)c3ccccc32)cc1. The molecule has 4 rings (SSSR count). The zero-order valence-corrected chi connectivity index (χ0v) is 17.1. The van der Waals surface area contributed by atoms with Crippen molar-refractivity contribution in [3.05, 3.63) is 94.5 Å². The molecule has 1 N–H and O–H groups in total. The summed E-state index contributed by atoms with van der Waals surface area (Å²) in [7, 11) is 1.54. The summed E-state index contributed by atoms with van der Waals surface area (Å²) < 4.78 is 5.11. The summed E-state index contributed by atoms with van der Waals surface area (Å²) in [5.41, 5.74) is 0.220. The number of aliphatic hydroxyl groups is 1. The number of Topliss-reactive ketones (excluding diaryl/α,β-unsaturated/α-hetero) is 1. The molecule has 0 fully saturated rings. The van der Waals surface area contributed by atoms with Crippen LogP contribution in [0, 0.1) is 0 Å². The van der Waals surface area contributed by atoms with Crippen molar-refractivity contribution in [2.75, 3.05) is 12.0 Å². The molecule has 30 heavy (non-hydrogen) atoms. The molecule has 0 saturated heterocycles. The second kappa shape index (κ2) is 7.94. The summed E-state index contributed by atoms with van der Waals surface area (Å²) in [6.07, 6.45) is -0.353. The maximum atomic E-state index is 13.3. The van der Waals surface area contributed by atoms with E-state index < -0.39 is 11.5 Å². The number of halogens is 1. The molecule has 1 aliphatic heterocycles. The van der Waals surface area contributed by atoms with Crippen LogP contribution in [0.5, 0.6) is 5.75 Å². The Labute approximate surface area is 179 Å². The quantitative estimate of drug-likeness (QED) is 0.601. The van der Waals surface area contributed by atoms with E-state index in [1.807, 2.05) is 18.2 Å². The highest BCUT2D eigenvalue weighted by molar-refractivity contribution is 6.31. The van der Waals surface area contributed by atoms with Crippen molar-refractivity contribution in [2.45, 2.75) is 18.6 Å². The number of fused-ring (bicyclic) bond motifs is 1. The standard InChI is InChI=1S/C24H20ClNO4/c1-30-18-12-10-16(11-13-18)22(27)14-24(29)19-7-3-5-9-21(19)26(23(24)28)15-17-6-2-4-8-20(17)25/h2-13,29H,14-15H2,1H3/t24-/m1/s1. The highest BCUT2D eigenvalue weighted by atomic mass is 35.5. The number of carbonyl (C=O) groups excluding carboxylic acids is 2. The predicted octanol–water partition coefficient (Wildman–Crippen LogP) is 4.36. The highest BCUT2D eigenvalue weighted by Crippen LogP contribution is 2.43. The van der Waals surface area contributed by atoms with Gasteiger partial charge in [-0.3, -0.25) is 9.59 Å². The lowest BCUT2D eigenvalue weighted by molar-refractivity contribution is -0.136. The number of carbonyl (C=O) groups is 2. The molecule has 0 aliphatic carbocycles. The maximum Gasteiger partial charge on any atom is 0.264 e. The number of ether oxygens (including phenoxy) is 1. The third-order valence-corrected chi connectivity index (χ3v) is 5.72. The van der Waals surface area contributed by atoms with E-state index in [4.69, 9.17) is 16.3 Å². The highest BCUT2D eigenvalue weighted by Gasteiger charge is 2.50. The minimum absolute atomic E-state index is 0.203. The number of anilines is 1. The number of nitrogens with zero attached hydrogens (tertiary/aromatic N) is 1. The molecule has 0 aromatic heterocycles. The number of amides is 1. The van der Waals surface area contributed by atoms with Crippen LogP contribution in [0.1, 0.15) is 27.9 Å². The van der Waals surface area contributed by atoms with Gasteiger partial charge in [-0.25, -0.2) is 0 Å². The van der Waals surface area contributed by atoms with Gasteiger partial charge in [-0.1, -0.05) is 48.0 Å². The number of benzene rings is 3. The maximum absolute atomic E-state index is 13.3. The fraction of sp³-hybridized carbons (Fsp3) is 0.167. The Balaban J connectivity index is 1.66. The Kier molecular flexibility index (Phi) is 5.33. The van der Waals surface area contributed by atoms with Gasteiger partial charge in [0.1, 0.15) is 5.75 Å². The molecule has 3 aromatic rings. The molecular formula is C24H20ClNO4. The summed E-state index contributed by atoms with van der Waals surface area (Å²) in [5.74, 6) is -0.244. The zero-order chi connectivity index (χ0) is 21.3. The summed E-state index contributed by atoms with van der Waals surface area (Å²) >= 11 is 6.27. The normalized spacial score (nSPS) is 17.7. The Morgan fingerprint density at radius 3 is 2.40 bits per heavy atom. The molecule has 1 atom stereocenters. The number of methoxy groups -OCH3 is 1. The van der Waals surface area contributed by atoms with Crippen LogP contribution in [0.3, 0.4) is 0 Å². The Morgan fingerprint density at radius 2 is 1.70 bits per heavy atom. The molecule has 5 nitrogen and oxygen atoms in total. The zero-order valence-electron chi connectivity index (χ0n) is 16.3. The fourth-order valence-electron chi connectivity index (χ4n) is 3.74. The number of rotatable bonds is 6. The predicted molar refractivity (Wildman–Crippen MR) is 115 cm³/mol. The van der Waals surface area contributed by atoms with Crippen molar-refractivity contribution in [2.24, 2.45) is 0 Å². The van der Waals surface area contributed by atoms with Crippen LogP contribution in [-0.2, 0) is 16.9 Å². The molecule has 0 unspecified atom stereocenters. The lowest BCUT2D eigenvalue weighted by Crippen LogP contribution is -2.41. The van der Waals surface area contributed by atoms with Gasteiger partial charge in [0.25, 0.3) is 5.91 Å². The summed E-state index contributed by atoms with van der Waals surface area (Å²) in [5, 5.41) is 11.9. The summed E-state index contributed by atoms with van der Waals surface area (Å²) in [4.78, 5) is 27.7. The second-order valence-corrected chi connectivity index (χ2v) is 7.60. The first-order valence-electron chi connectivity index (χ1n) is 9.48. The van der Waals surface area contributed by atoms with E-state index in [2.05, 4.69) is 0 Å². The minimum atomic E-state index is -1.94. The van der Waals surface area contributed by atoms with E-state index in [1.165, 1.54) is 4.90 Å². The monoisotopic (exact) mass is 421 g/mol. The van der Waals surface area contributed by atoms with Crippen LogP contribution in [-0.4, -0.2) is 23.9 Å². The van der Waals surface area contributed by atoms with Gasteiger partial charge in [0.2, 0.25) is 0 Å². The van der Waals surface area contributed by atoms with E-state index in [0.29, 0.717) is 27.6 Å². The minimum Gasteiger partial charge on any atom is -0.497 e. The van der Waals surface area contributed by atoms with Crippen LogP contribution >= 0.6 is 11.6 Å². The van der Waals surface area contributed by atoms with Crippen LogP contribution in [0.15, 0.2) is 72.8 Å². The summed E-state index contributed by atoms with van der Waals surface area (Å²) in [6.45, 7) is 0.203. The van der Waals surface area contributed by atoms with E-state index in [1.54, 1.807) is 61.7 Å². The van der Waals surface area contributed by atoms with Gasteiger partial charge < -0.3 is 14.7 Å². The van der Waals surface area contributed by atoms with Crippen molar-refractivity contribution < 1.29 is 19.4 Å². The van der Waals surface area contributed by atoms with E-state index in [9.17, 15) is 14.7 Å². The molecule has 0 saturated carbocycles. The van der Waals surface area contributed by atoms with E-state index in [-0.39, 0.29) is 18.7 Å². The molecule has 0 bridgehead atoms. The average molecular weight is 422 g/mol. The third kappa shape index (κ3) is 3.47. The molecule has 6 heteroatoms. The van der Waals surface area contributed by atoms with E-state index >= 15 is 0 Å². The first kappa shape index (κ1) is 20.1. The smallest absolute Gasteiger partial charge is 0.264 e. The van der Waals surface area contributed by atoms with Crippen LogP contribution in [0.25, 0.3) is 0 Å². The van der Waals surface area contributed by atoms with Crippen LogP contribution in [0.2, 0.25) is 5.02 Å². The number of ketones is 1. The third-order valence-electron chi connectivity index (χ3n) is 5.35. The Bertz CT molecular complexity index is 1110. The van der Waals surface area contributed by atoms with Crippen molar-refractivity contribution >= 4 is 29.0 Å². The van der Waals surface area contributed by atoms with Gasteiger partial charge >= 0.3 is 0 Å². The molecule has 152 valence electrons. The first-order valence-corrected chi connectivity index (χ1v) is 9.86. The van der Waals surface area contributed by atoms with Crippen molar-refractivity contribution in [3.8, 4) is 5.75 Å². The summed E-state index contributed by atoms with van der Waals surface area (Å²) in [6, 6.07) is 20.8. The molecule has 3 aromatic carbocycles. The topological polar surface area (TPSA) is 66.8 Å². The largest absolute Gasteiger partial charge is 0.497 e. The van der Waals surface area contributed by atoms with Gasteiger partial charge in [-0.05, 0) is 42.0 Å². The van der Waals surface area contributed by atoms with Crippen molar-refractivity contribution in [3.63, 3.8) is 0 Å². The lowest BCUT2D eigenvalue weighted by Gasteiger charge is -2.23. The van der Waals surface area contributed by atoms with Gasteiger partial charge in [-0.15, -0.1) is 0 Å². The van der Waals surface area contributed by atoms with Gasteiger partial charge in [0.05, 0.1) is 25.8 Å². The molecule has 1 heterocycles. The molecule has 0 spiro atoms. The molecular weight excluding hydrogens is 402 g/mol. The van der Waals surface area contributed by atoms with Gasteiger partial charge in [0.15, 0.2) is 11.4 Å². The number of hydrogen-bond donors (Lipinski definition) is 1. The molecule has 1 aliphatic rings. The molecule has 0 radical (unpaired) electrons. The number of hydrogen-bond acceptors (Lipinski definition) is 4. The van der Waals surface area contributed by atoms with Crippen molar-refractivity contribution in [1.82, 2.24) is 0 Å². The van der Waals surface area contributed by atoms with Crippen LogP contribution in [0.4, 0.5) is 5.69 Å². The first-order chi connectivity index (χ1) is 14.4. The average Bonchev–Trinajstić information content (AvgIpc) is 2.97. The number of para-hydroxylation sites is 1. The Morgan fingerprint density at radius 1 is 1.03 bits per heavy atom. The second-order valence-electron chi connectivity index (χ2n) is 7.19. The van der Waals surface area contributed by atoms with Gasteiger partial charge in [-0.2, -0.15) is 0 Å². The lowest BCUT2D eigenvalue weighted by atomic mass is 9.88. The van der Waals surface area contributed by atoms with Crippen LogP contribution < -0.4 is 9.64 Å². The Hall–Kier alpha value is -3.15. The van der Waals surface area contributed by atoms with E-state index in [0.717, 1.165) is 5.56 Å².